The summed E-state index contributed by atoms with van der Waals surface area (Å²) < 4.78 is 22.5. The molecule has 3 heterocycles. The Morgan fingerprint density at radius 3 is 2.43 bits per heavy atom. The lowest BCUT2D eigenvalue weighted by Gasteiger charge is -2.51. The molecule has 2 atom stereocenters. The van der Waals surface area contributed by atoms with Crippen molar-refractivity contribution >= 4 is 6.09 Å². The number of carbonyl (C=O) groups is 1. The molecule has 154 valence electrons. The highest BCUT2D eigenvalue weighted by atomic mass is 16.7. The zero-order chi connectivity index (χ0) is 19.9. The molecule has 0 radical (unpaired) electrons. The van der Waals surface area contributed by atoms with Crippen molar-refractivity contribution in [3.63, 3.8) is 0 Å². The Hall–Kier alpha value is -1.67. The van der Waals surface area contributed by atoms with E-state index in [0.717, 1.165) is 11.1 Å². The number of ether oxygens (including phenoxy) is 4. The van der Waals surface area contributed by atoms with Crippen LogP contribution in [0.3, 0.4) is 0 Å². The number of carbonyl (C=O) groups excluding carboxylic acids is 1. The van der Waals surface area contributed by atoms with Gasteiger partial charge in [-0.15, -0.1) is 0 Å². The number of fused-ring (bicyclic) bond motifs is 2. The normalized spacial score (nSPS) is 31.1. The number of morpholine rings is 1. The average molecular weight is 391 g/mol. The highest BCUT2D eigenvalue weighted by Gasteiger charge is 2.50. The summed E-state index contributed by atoms with van der Waals surface area (Å²) in [5.41, 5.74) is 0.131. The Balaban J connectivity index is 1.56. The van der Waals surface area contributed by atoms with Gasteiger partial charge in [-0.05, 0) is 32.4 Å². The zero-order valence-electron chi connectivity index (χ0n) is 16.7. The van der Waals surface area contributed by atoms with Gasteiger partial charge < -0.3 is 24.1 Å². The van der Waals surface area contributed by atoms with Crippen LogP contribution in [0.15, 0.2) is 24.3 Å². The standard InChI is InChI=1S/C21H29NO6/c1-20(2,3)28-19(23)22-16-10-21(24,11-17(22)13-25-12-16)15-6-4-5-14(9-15)18-26-7-8-27-18/h4-6,9,16-18,24H,7-8,10-13H2,1-3H3. The van der Waals surface area contributed by atoms with Crippen molar-refractivity contribution < 1.29 is 28.8 Å². The number of rotatable bonds is 2. The van der Waals surface area contributed by atoms with Gasteiger partial charge in [0.1, 0.15) is 5.60 Å². The van der Waals surface area contributed by atoms with Crippen molar-refractivity contribution in [3.05, 3.63) is 35.4 Å². The zero-order valence-corrected chi connectivity index (χ0v) is 16.7. The summed E-state index contributed by atoms with van der Waals surface area (Å²) in [5, 5.41) is 11.5. The van der Waals surface area contributed by atoms with Gasteiger partial charge in [0.2, 0.25) is 0 Å². The summed E-state index contributed by atoms with van der Waals surface area (Å²) in [5.74, 6) is 0. The van der Waals surface area contributed by atoms with Crippen molar-refractivity contribution in [2.75, 3.05) is 26.4 Å². The van der Waals surface area contributed by atoms with Crippen LogP contribution in [-0.4, -0.2) is 60.2 Å². The number of hydrogen-bond donors (Lipinski definition) is 1. The smallest absolute Gasteiger partial charge is 0.410 e. The van der Waals surface area contributed by atoms with Crippen LogP contribution in [0.4, 0.5) is 4.79 Å². The van der Waals surface area contributed by atoms with Crippen LogP contribution in [0.5, 0.6) is 0 Å². The van der Waals surface area contributed by atoms with Gasteiger partial charge in [0.05, 0.1) is 44.1 Å². The van der Waals surface area contributed by atoms with E-state index in [9.17, 15) is 9.90 Å². The van der Waals surface area contributed by atoms with E-state index >= 15 is 0 Å². The third-order valence-corrected chi connectivity index (χ3v) is 5.48. The molecule has 0 aliphatic carbocycles. The quantitative estimate of drug-likeness (QED) is 0.835. The van der Waals surface area contributed by atoms with Crippen LogP contribution in [0.25, 0.3) is 0 Å². The molecule has 3 saturated heterocycles. The largest absolute Gasteiger partial charge is 0.444 e. The molecule has 0 aromatic heterocycles. The molecular formula is C21H29NO6. The van der Waals surface area contributed by atoms with Crippen molar-refractivity contribution in [1.82, 2.24) is 4.90 Å². The Kier molecular flexibility index (Phi) is 5.12. The van der Waals surface area contributed by atoms with Crippen LogP contribution >= 0.6 is 0 Å². The van der Waals surface area contributed by atoms with E-state index in [1.54, 1.807) is 4.90 Å². The molecule has 2 bridgehead atoms. The highest BCUT2D eigenvalue weighted by molar-refractivity contribution is 5.69. The summed E-state index contributed by atoms with van der Waals surface area (Å²) in [7, 11) is 0. The molecule has 3 fully saturated rings. The van der Waals surface area contributed by atoms with E-state index in [4.69, 9.17) is 18.9 Å². The maximum absolute atomic E-state index is 12.7. The van der Waals surface area contributed by atoms with Gasteiger partial charge in [-0.3, -0.25) is 4.90 Å². The molecule has 1 aromatic rings. The second-order valence-electron chi connectivity index (χ2n) is 8.87. The van der Waals surface area contributed by atoms with Crippen molar-refractivity contribution in [1.29, 1.82) is 0 Å². The summed E-state index contributed by atoms with van der Waals surface area (Å²) in [6.45, 7) is 7.51. The molecule has 0 spiro atoms. The molecular weight excluding hydrogens is 362 g/mol. The molecule has 3 aliphatic rings. The number of benzene rings is 1. The number of nitrogens with zero attached hydrogens (tertiary/aromatic N) is 1. The molecule has 1 amide bonds. The maximum atomic E-state index is 12.7. The minimum atomic E-state index is -1.04. The first-order valence-corrected chi connectivity index (χ1v) is 9.90. The molecule has 7 nitrogen and oxygen atoms in total. The predicted molar refractivity (Wildman–Crippen MR) is 101 cm³/mol. The predicted octanol–water partition coefficient (Wildman–Crippen LogP) is 2.72. The topological polar surface area (TPSA) is 77.5 Å². The molecule has 3 aliphatic heterocycles. The number of hydrogen-bond acceptors (Lipinski definition) is 6. The first-order valence-electron chi connectivity index (χ1n) is 9.90. The Bertz CT molecular complexity index is 710. The number of piperidine rings is 1. The van der Waals surface area contributed by atoms with Crippen molar-refractivity contribution in [2.45, 2.75) is 63.2 Å². The van der Waals surface area contributed by atoms with Crippen LogP contribution in [0, 0.1) is 0 Å². The van der Waals surface area contributed by atoms with E-state index < -0.39 is 11.2 Å². The lowest BCUT2D eigenvalue weighted by Crippen LogP contribution is -2.63. The highest BCUT2D eigenvalue weighted by Crippen LogP contribution is 2.42. The summed E-state index contributed by atoms with van der Waals surface area (Å²) in [6.07, 6.45) is 0.0829. The van der Waals surface area contributed by atoms with Crippen LogP contribution in [0.2, 0.25) is 0 Å². The monoisotopic (exact) mass is 391 g/mol. The molecule has 4 rings (SSSR count). The van der Waals surface area contributed by atoms with E-state index in [0.29, 0.717) is 39.3 Å². The van der Waals surface area contributed by atoms with Gasteiger partial charge in [0.15, 0.2) is 6.29 Å². The lowest BCUT2D eigenvalue weighted by atomic mass is 9.76. The summed E-state index contributed by atoms with van der Waals surface area (Å²) >= 11 is 0. The minimum Gasteiger partial charge on any atom is -0.444 e. The number of aliphatic hydroxyl groups is 1. The molecule has 7 heteroatoms. The average Bonchev–Trinajstić information content (AvgIpc) is 3.14. The van der Waals surface area contributed by atoms with Crippen molar-refractivity contribution in [3.8, 4) is 0 Å². The fourth-order valence-electron chi connectivity index (χ4n) is 4.35. The van der Waals surface area contributed by atoms with E-state index in [-0.39, 0.29) is 24.5 Å². The lowest BCUT2D eigenvalue weighted by molar-refractivity contribution is -0.141. The van der Waals surface area contributed by atoms with Crippen LogP contribution < -0.4 is 0 Å². The maximum Gasteiger partial charge on any atom is 0.410 e. The molecule has 0 saturated carbocycles. The number of amides is 1. The molecule has 2 unspecified atom stereocenters. The minimum absolute atomic E-state index is 0.227. The van der Waals surface area contributed by atoms with E-state index in [1.807, 2.05) is 45.0 Å². The summed E-state index contributed by atoms with van der Waals surface area (Å²) in [6, 6.07) is 7.29. The van der Waals surface area contributed by atoms with Gasteiger partial charge in [-0.2, -0.15) is 0 Å². The van der Waals surface area contributed by atoms with Gasteiger partial charge in [0, 0.05) is 18.4 Å². The first-order chi connectivity index (χ1) is 13.3. The SMILES string of the molecule is CC(C)(C)OC(=O)N1C2COCC1CC(O)(c1cccc(C3OCCO3)c1)C2. The Labute approximate surface area is 165 Å². The fourth-order valence-corrected chi connectivity index (χ4v) is 4.35. The van der Waals surface area contributed by atoms with Gasteiger partial charge >= 0.3 is 6.09 Å². The second kappa shape index (κ2) is 7.30. The van der Waals surface area contributed by atoms with Crippen LogP contribution in [-0.2, 0) is 24.5 Å². The van der Waals surface area contributed by atoms with E-state index in [2.05, 4.69) is 0 Å². The Morgan fingerprint density at radius 1 is 1.18 bits per heavy atom. The van der Waals surface area contributed by atoms with E-state index in [1.165, 1.54) is 0 Å². The second-order valence-corrected chi connectivity index (χ2v) is 8.87. The first kappa shape index (κ1) is 19.6. The summed E-state index contributed by atoms with van der Waals surface area (Å²) in [4.78, 5) is 14.5. The van der Waals surface area contributed by atoms with Gasteiger partial charge in [-0.1, -0.05) is 18.2 Å². The Morgan fingerprint density at radius 2 is 1.82 bits per heavy atom. The fraction of sp³-hybridized carbons (Fsp3) is 0.667. The third-order valence-electron chi connectivity index (χ3n) is 5.48. The van der Waals surface area contributed by atoms with Gasteiger partial charge in [-0.25, -0.2) is 4.79 Å². The van der Waals surface area contributed by atoms with Crippen LogP contribution in [0.1, 0.15) is 51.0 Å². The van der Waals surface area contributed by atoms with Gasteiger partial charge in [0.25, 0.3) is 0 Å². The molecule has 28 heavy (non-hydrogen) atoms. The molecule has 1 N–H and O–H groups in total. The third kappa shape index (κ3) is 3.89. The molecule has 1 aromatic carbocycles. The van der Waals surface area contributed by atoms with Crippen molar-refractivity contribution in [2.24, 2.45) is 0 Å².